The van der Waals surface area contributed by atoms with Crippen LogP contribution in [-0.4, -0.2) is 60.9 Å². The zero-order valence-corrected chi connectivity index (χ0v) is 16.6. The van der Waals surface area contributed by atoms with E-state index >= 15 is 0 Å². The molecule has 1 saturated heterocycles. The van der Waals surface area contributed by atoms with Crippen molar-refractivity contribution in [3.63, 3.8) is 0 Å². The van der Waals surface area contributed by atoms with Gasteiger partial charge in [0.25, 0.3) is 0 Å². The number of halogens is 1. The van der Waals surface area contributed by atoms with Gasteiger partial charge in [0.1, 0.15) is 18.1 Å². The molecule has 1 aliphatic heterocycles. The van der Waals surface area contributed by atoms with Gasteiger partial charge in [-0.1, -0.05) is 12.1 Å². The summed E-state index contributed by atoms with van der Waals surface area (Å²) in [5.74, 6) is -0.252. The molecule has 1 aliphatic rings. The molecule has 9 heteroatoms. The van der Waals surface area contributed by atoms with Crippen LogP contribution in [0.5, 0.6) is 5.75 Å². The molecule has 2 N–H and O–H groups in total. The highest BCUT2D eigenvalue weighted by Gasteiger charge is 2.28. The molecule has 158 valence electrons. The number of rotatable bonds is 6. The molecule has 3 rings (SSSR count). The van der Waals surface area contributed by atoms with Crippen LogP contribution in [0, 0.1) is 5.82 Å². The minimum atomic E-state index is -0.446. The summed E-state index contributed by atoms with van der Waals surface area (Å²) in [7, 11) is 1.58. The average molecular weight is 414 g/mol. The van der Waals surface area contributed by atoms with E-state index in [-0.39, 0.29) is 31.4 Å². The Labute approximate surface area is 173 Å². The van der Waals surface area contributed by atoms with Crippen LogP contribution in [0.25, 0.3) is 0 Å². The molecule has 0 unspecified atom stereocenters. The van der Waals surface area contributed by atoms with E-state index in [9.17, 15) is 18.8 Å². The lowest BCUT2D eigenvalue weighted by molar-refractivity contribution is -0.139. The first-order chi connectivity index (χ1) is 14.4. The average Bonchev–Trinajstić information content (AvgIpc) is 2.75. The second-order valence-corrected chi connectivity index (χ2v) is 6.80. The Kier molecular flexibility index (Phi) is 6.84. The van der Waals surface area contributed by atoms with Crippen LogP contribution in [0.3, 0.4) is 0 Å². The Morgan fingerprint density at radius 2 is 1.77 bits per heavy atom. The van der Waals surface area contributed by atoms with Gasteiger partial charge in [-0.2, -0.15) is 0 Å². The third-order valence-electron chi connectivity index (χ3n) is 4.68. The number of carbonyl (C=O) groups excluding carboxylic acids is 3. The fourth-order valence-electron chi connectivity index (χ4n) is 2.96. The number of nitrogens with one attached hydrogen (secondary N) is 2. The minimum absolute atomic E-state index is 0.0671. The third-order valence-corrected chi connectivity index (χ3v) is 4.68. The normalized spacial score (nSPS) is 13.7. The molecule has 0 bridgehead atoms. The molecule has 30 heavy (non-hydrogen) atoms. The molecule has 4 amide bonds. The number of anilines is 1. The van der Waals surface area contributed by atoms with Gasteiger partial charge >= 0.3 is 6.03 Å². The fourth-order valence-corrected chi connectivity index (χ4v) is 2.96. The van der Waals surface area contributed by atoms with Crippen molar-refractivity contribution in [2.24, 2.45) is 0 Å². The van der Waals surface area contributed by atoms with Crippen molar-refractivity contribution in [2.75, 3.05) is 38.6 Å². The molecule has 0 saturated carbocycles. The highest BCUT2D eigenvalue weighted by molar-refractivity contribution is 5.94. The summed E-state index contributed by atoms with van der Waals surface area (Å²) < 4.78 is 18.0. The number of piperazine rings is 1. The lowest BCUT2D eigenvalue weighted by atomic mass is 10.2. The molecule has 0 radical (unpaired) electrons. The zero-order chi connectivity index (χ0) is 21.5. The van der Waals surface area contributed by atoms with E-state index in [1.54, 1.807) is 19.2 Å². The second kappa shape index (κ2) is 9.73. The van der Waals surface area contributed by atoms with E-state index in [1.807, 2.05) is 12.1 Å². The van der Waals surface area contributed by atoms with Gasteiger partial charge in [-0.25, -0.2) is 9.18 Å². The zero-order valence-electron chi connectivity index (χ0n) is 16.6. The van der Waals surface area contributed by atoms with E-state index in [0.717, 1.165) is 11.3 Å². The number of hydrogen-bond donors (Lipinski definition) is 2. The van der Waals surface area contributed by atoms with Crippen molar-refractivity contribution in [2.45, 2.75) is 6.54 Å². The fraction of sp³-hybridized carbons (Fsp3) is 0.286. The quantitative estimate of drug-likeness (QED) is 0.755. The molecule has 0 atom stereocenters. The van der Waals surface area contributed by atoms with E-state index in [2.05, 4.69) is 10.6 Å². The Balaban J connectivity index is 1.44. The number of methoxy groups -OCH3 is 1. The van der Waals surface area contributed by atoms with Crippen molar-refractivity contribution >= 4 is 23.5 Å². The number of benzene rings is 2. The highest BCUT2D eigenvalue weighted by Crippen LogP contribution is 2.12. The second-order valence-electron chi connectivity index (χ2n) is 6.80. The highest BCUT2D eigenvalue weighted by atomic mass is 19.1. The van der Waals surface area contributed by atoms with Crippen LogP contribution in [0.4, 0.5) is 14.9 Å². The molecular weight excluding hydrogens is 391 g/mol. The smallest absolute Gasteiger partial charge is 0.322 e. The van der Waals surface area contributed by atoms with Crippen molar-refractivity contribution < 1.29 is 23.5 Å². The van der Waals surface area contributed by atoms with Crippen LogP contribution in [0.15, 0.2) is 48.5 Å². The first-order valence-electron chi connectivity index (χ1n) is 9.43. The molecular formula is C21H23FN4O4. The van der Waals surface area contributed by atoms with Crippen LogP contribution in [-0.2, 0) is 16.1 Å². The molecule has 0 aromatic heterocycles. The molecule has 0 aliphatic carbocycles. The topological polar surface area (TPSA) is 91.0 Å². The summed E-state index contributed by atoms with van der Waals surface area (Å²) in [6.45, 7) is 0.703. The maximum absolute atomic E-state index is 12.9. The largest absolute Gasteiger partial charge is 0.497 e. The molecule has 1 heterocycles. The van der Waals surface area contributed by atoms with Crippen molar-refractivity contribution in [1.29, 1.82) is 0 Å². The molecule has 8 nitrogen and oxygen atoms in total. The van der Waals surface area contributed by atoms with Gasteiger partial charge in [0.2, 0.25) is 11.8 Å². The number of nitrogens with zero attached hydrogens (tertiary/aromatic N) is 2. The monoisotopic (exact) mass is 414 g/mol. The lowest BCUT2D eigenvalue weighted by Gasteiger charge is -2.33. The first-order valence-corrected chi connectivity index (χ1v) is 9.43. The number of ether oxygens (including phenoxy) is 1. The van der Waals surface area contributed by atoms with Gasteiger partial charge < -0.3 is 25.2 Å². The summed E-state index contributed by atoms with van der Waals surface area (Å²) in [4.78, 5) is 39.6. The lowest BCUT2D eigenvalue weighted by Crippen LogP contribution is -2.55. The Morgan fingerprint density at radius 1 is 1.07 bits per heavy atom. The van der Waals surface area contributed by atoms with Crippen LogP contribution in [0.1, 0.15) is 5.56 Å². The van der Waals surface area contributed by atoms with Gasteiger partial charge in [0, 0.05) is 25.3 Å². The maximum Gasteiger partial charge on any atom is 0.322 e. The van der Waals surface area contributed by atoms with Crippen molar-refractivity contribution in [1.82, 2.24) is 15.1 Å². The Hall–Kier alpha value is -3.62. The summed E-state index contributed by atoms with van der Waals surface area (Å²) in [5.41, 5.74) is 1.35. The van der Waals surface area contributed by atoms with Gasteiger partial charge in [-0.3, -0.25) is 9.59 Å². The standard InChI is InChI=1S/C21H23FN4O4/c1-30-18-8-2-15(3-9-18)12-23-19(27)13-25-10-11-26(14-20(25)28)21(29)24-17-6-4-16(22)5-7-17/h2-9H,10-14H2,1H3,(H,23,27)(H,24,29). The van der Waals surface area contributed by atoms with E-state index < -0.39 is 11.8 Å². The van der Waals surface area contributed by atoms with E-state index in [0.29, 0.717) is 18.8 Å². The van der Waals surface area contributed by atoms with Crippen LogP contribution in [0.2, 0.25) is 0 Å². The summed E-state index contributed by atoms with van der Waals surface area (Å²) >= 11 is 0. The SMILES string of the molecule is COc1ccc(CNC(=O)CN2CCN(C(=O)Nc3ccc(F)cc3)CC2=O)cc1. The first kappa shape index (κ1) is 21.1. The Bertz CT molecular complexity index is 902. The van der Waals surface area contributed by atoms with Gasteiger partial charge in [0.15, 0.2) is 0 Å². The third kappa shape index (κ3) is 5.69. The van der Waals surface area contributed by atoms with Crippen molar-refractivity contribution in [3.05, 3.63) is 59.9 Å². The van der Waals surface area contributed by atoms with E-state index in [1.165, 1.54) is 34.1 Å². The molecule has 2 aromatic carbocycles. The molecule has 0 spiro atoms. The summed E-state index contributed by atoms with van der Waals surface area (Å²) in [6.07, 6.45) is 0. The minimum Gasteiger partial charge on any atom is -0.497 e. The Morgan fingerprint density at radius 3 is 2.40 bits per heavy atom. The van der Waals surface area contributed by atoms with Gasteiger partial charge in [-0.05, 0) is 42.0 Å². The summed E-state index contributed by atoms with van der Waals surface area (Å²) in [5, 5.41) is 5.40. The number of urea groups is 1. The predicted octanol–water partition coefficient (Wildman–Crippen LogP) is 1.83. The van der Waals surface area contributed by atoms with Crippen LogP contribution >= 0.6 is 0 Å². The number of hydrogen-bond acceptors (Lipinski definition) is 4. The van der Waals surface area contributed by atoms with Crippen LogP contribution < -0.4 is 15.4 Å². The summed E-state index contributed by atoms with van der Waals surface area (Å²) in [6, 6.07) is 12.2. The molecule has 1 fully saturated rings. The predicted molar refractivity (Wildman–Crippen MR) is 108 cm³/mol. The number of carbonyl (C=O) groups is 3. The van der Waals surface area contributed by atoms with Crippen molar-refractivity contribution in [3.8, 4) is 5.75 Å². The molecule has 2 aromatic rings. The van der Waals surface area contributed by atoms with E-state index in [4.69, 9.17) is 4.74 Å². The number of amides is 4. The van der Waals surface area contributed by atoms with Gasteiger partial charge in [0.05, 0.1) is 13.7 Å². The van der Waals surface area contributed by atoms with Gasteiger partial charge in [-0.15, -0.1) is 0 Å². The maximum atomic E-state index is 12.9.